The highest BCUT2D eigenvalue weighted by Gasteiger charge is 2.27. The molecule has 1 unspecified atom stereocenters. The number of rotatable bonds is 2. The minimum atomic E-state index is -3.00. The van der Waals surface area contributed by atoms with Crippen LogP contribution in [0.25, 0.3) is 0 Å². The molecule has 14 heavy (non-hydrogen) atoms. The van der Waals surface area contributed by atoms with E-state index < -0.39 is 10.0 Å². The number of nitrogens with one attached hydrogen (secondary N) is 1. The van der Waals surface area contributed by atoms with Crippen LogP contribution in [0.1, 0.15) is 26.7 Å². The van der Waals surface area contributed by atoms with E-state index in [2.05, 4.69) is 5.32 Å². The molecule has 0 aliphatic carbocycles. The lowest BCUT2D eigenvalue weighted by molar-refractivity contribution is 0.318. The van der Waals surface area contributed by atoms with Gasteiger partial charge in [0, 0.05) is 19.1 Å². The number of hydrogen-bond acceptors (Lipinski definition) is 3. The smallest absolute Gasteiger partial charge is 0.214 e. The van der Waals surface area contributed by atoms with Crippen LogP contribution >= 0.6 is 0 Å². The molecule has 1 aliphatic rings. The molecular weight excluding hydrogens is 200 g/mol. The van der Waals surface area contributed by atoms with Crippen molar-refractivity contribution in [2.24, 2.45) is 0 Å². The zero-order valence-electron chi connectivity index (χ0n) is 8.99. The van der Waals surface area contributed by atoms with Crippen LogP contribution in [0, 0.1) is 0 Å². The van der Waals surface area contributed by atoms with Crippen molar-refractivity contribution >= 4 is 10.0 Å². The van der Waals surface area contributed by atoms with E-state index in [0.29, 0.717) is 6.54 Å². The van der Waals surface area contributed by atoms with E-state index in [1.807, 2.05) is 13.8 Å². The molecule has 5 heteroatoms. The van der Waals surface area contributed by atoms with Gasteiger partial charge in [0.2, 0.25) is 10.0 Å². The Balaban J connectivity index is 2.77. The maximum Gasteiger partial charge on any atom is 0.214 e. The normalized spacial score (nSPS) is 29.4. The van der Waals surface area contributed by atoms with Crippen LogP contribution in [0.15, 0.2) is 0 Å². The SMILES string of the molecule is CCCN1C(C)CNCCCS1(=O)=O. The monoisotopic (exact) mass is 220 g/mol. The van der Waals surface area contributed by atoms with Gasteiger partial charge in [0.15, 0.2) is 0 Å². The second-order valence-electron chi connectivity index (χ2n) is 3.83. The fraction of sp³-hybridized carbons (Fsp3) is 1.00. The molecule has 0 aromatic carbocycles. The van der Waals surface area contributed by atoms with E-state index in [1.54, 1.807) is 4.31 Å². The van der Waals surface area contributed by atoms with Crippen molar-refractivity contribution in [2.45, 2.75) is 32.7 Å². The Labute approximate surface area is 86.7 Å². The minimum Gasteiger partial charge on any atom is -0.315 e. The second-order valence-corrected chi connectivity index (χ2v) is 5.87. The highest BCUT2D eigenvalue weighted by atomic mass is 32.2. The van der Waals surface area contributed by atoms with E-state index >= 15 is 0 Å². The molecule has 1 N–H and O–H groups in total. The van der Waals surface area contributed by atoms with Crippen LogP contribution in [-0.4, -0.2) is 44.2 Å². The molecule has 0 bridgehead atoms. The topological polar surface area (TPSA) is 49.4 Å². The van der Waals surface area contributed by atoms with Crippen LogP contribution in [-0.2, 0) is 10.0 Å². The van der Waals surface area contributed by atoms with E-state index in [1.165, 1.54) is 0 Å². The van der Waals surface area contributed by atoms with Crippen LogP contribution < -0.4 is 5.32 Å². The quantitative estimate of drug-likeness (QED) is 0.733. The number of nitrogens with zero attached hydrogens (tertiary/aromatic N) is 1. The lowest BCUT2D eigenvalue weighted by atomic mass is 10.3. The summed E-state index contributed by atoms with van der Waals surface area (Å²) in [5.74, 6) is 0.282. The molecular formula is C9H20N2O2S. The third kappa shape index (κ3) is 2.93. The highest BCUT2D eigenvalue weighted by Crippen LogP contribution is 2.11. The number of hydrogen-bond donors (Lipinski definition) is 1. The molecule has 0 spiro atoms. The van der Waals surface area contributed by atoms with Crippen molar-refractivity contribution in [2.75, 3.05) is 25.4 Å². The molecule has 1 saturated heterocycles. The lowest BCUT2D eigenvalue weighted by Crippen LogP contribution is -2.47. The zero-order valence-corrected chi connectivity index (χ0v) is 9.81. The average molecular weight is 220 g/mol. The maximum absolute atomic E-state index is 11.9. The fourth-order valence-electron chi connectivity index (χ4n) is 1.76. The Morgan fingerprint density at radius 2 is 2.21 bits per heavy atom. The van der Waals surface area contributed by atoms with E-state index in [9.17, 15) is 8.42 Å². The Morgan fingerprint density at radius 3 is 2.86 bits per heavy atom. The molecule has 0 aromatic rings. The summed E-state index contributed by atoms with van der Waals surface area (Å²) >= 11 is 0. The van der Waals surface area contributed by atoms with Gasteiger partial charge in [0.05, 0.1) is 5.75 Å². The van der Waals surface area contributed by atoms with Crippen LogP contribution in [0.4, 0.5) is 0 Å². The summed E-state index contributed by atoms with van der Waals surface area (Å²) in [4.78, 5) is 0. The van der Waals surface area contributed by atoms with E-state index in [0.717, 1.165) is 25.9 Å². The second kappa shape index (κ2) is 5.09. The maximum atomic E-state index is 11.9. The largest absolute Gasteiger partial charge is 0.315 e. The first-order valence-electron chi connectivity index (χ1n) is 5.28. The van der Waals surface area contributed by atoms with Crippen molar-refractivity contribution in [3.63, 3.8) is 0 Å². The van der Waals surface area contributed by atoms with Gasteiger partial charge in [-0.1, -0.05) is 6.92 Å². The Bertz CT molecular complexity index is 264. The van der Waals surface area contributed by atoms with Gasteiger partial charge in [-0.15, -0.1) is 0 Å². The van der Waals surface area contributed by atoms with Gasteiger partial charge in [-0.2, -0.15) is 4.31 Å². The summed E-state index contributed by atoms with van der Waals surface area (Å²) in [6, 6.07) is 0.0836. The predicted molar refractivity (Wildman–Crippen MR) is 57.7 cm³/mol. The molecule has 0 aromatic heterocycles. The molecule has 1 fully saturated rings. The van der Waals surface area contributed by atoms with E-state index in [4.69, 9.17) is 0 Å². The Hall–Kier alpha value is -0.130. The Kier molecular flexibility index (Phi) is 4.34. The first-order chi connectivity index (χ1) is 6.58. The summed E-state index contributed by atoms with van der Waals surface area (Å²) in [5.41, 5.74) is 0. The van der Waals surface area contributed by atoms with Crippen molar-refractivity contribution in [1.82, 2.24) is 9.62 Å². The molecule has 1 heterocycles. The van der Waals surface area contributed by atoms with Crippen molar-refractivity contribution in [3.05, 3.63) is 0 Å². The Morgan fingerprint density at radius 1 is 1.50 bits per heavy atom. The standard InChI is InChI=1S/C9H20N2O2S/c1-3-6-11-9(2)8-10-5-4-7-14(11,12)13/h9-10H,3-8H2,1-2H3. The molecule has 84 valence electrons. The molecule has 1 rings (SSSR count). The summed E-state index contributed by atoms with van der Waals surface area (Å²) in [7, 11) is -3.00. The van der Waals surface area contributed by atoms with Crippen LogP contribution in [0.2, 0.25) is 0 Å². The molecule has 4 nitrogen and oxygen atoms in total. The molecule has 0 saturated carbocycles. The van der Waals surface area contributed by atoms with Crippen molar-refractivity contribution in [1.29, 1.82) is 0 Å². The minimum absolute atomic E-state index is 0.0836. The van der Waals surface area contributed by atoms with Gasteiger partial charge < -0.3 is 5.32 Å². The van der Waals surface area contributed by atoms with Gasteiger partial charge in [-0.25, -0.2) is 8.42 Å². The van der Waals surface area contributed by atoms with Gasteiger partial charge in [0.1, 0.15) is 0 Å². The number of sulfonamides is 1. The predicted octanol–water partition coefficient (Wildman–Crippen LogP) is 0.410. The molecule has 0 amide bonds. The molecule has 1 aliphatic heterocycles. The van der Waals surface area contributed by atoms with Gasteiger partial charge in [-0.05, 0) is 26.3 Å². The third-order valence-electron chi connectivity index (χ3n) is 2.49. The average Bonchev–Trinajstić information content (AvgIpc) is 2.11. The summed E-state index contributed by atoms with van der Waals surface area (Å²) in [6.45, 7) is 6.19. The van der Waals surface area contributed by atoms with Gasteiger partial charge in [-0.3, -0.25) is 0 Å². The molecule has 0 radical (unpaired) electrons. The first kappa shape index (κ1) is 11.9. The van der Waals surface area contributed by atoms with E-state index in [-0.39, 0.29) is 11.8 Å². The van der Waals surface area contributed by atoms with Crippen molar-refractivity contribution in [3.8, 4) is 0 Å². The fourth-order valence-corrected chi connectivity index (χ4v) is 3.59. The lowest BCUT2D eigenvalue weighted by Gasteiger charge is -2.30. The first-order valence-corrected chi connectivity index (χ1v) is 6.89. The van der Waals surface area contributed by atoms with Crippen LogP contribution in [0.3, 0.4) is 0 Å². The van der Waals surface area contributed by atoms with Gasteiger partial charge >= 0.3 is 0 Å². The van der Waals surface area contributed by atoms with Crippen molar-refractivity contribution < 1.29 is 8.42 Å². The van der Waals surface area contributed by atoms with Gasteiger partial charge in [0.25, 0.3) is 0 Å². The third-order valence-corrected chi connectivity index (χ3v) is 4.55. The summed E-state index contributed by atoms with van der Waals surface area (Å²) in [5, 5.41) is 3.26. The summed E-state index contributed by atoms with van der Waals surface area (Å²) in [6.07, 6.45) is 1.60. The summed E-state index contributed by atoms with van der Waals surface area (Å²) < 4.78 is 25.3. The molecule has 1 atom stereocenters. The highest BCUT2D eigenvalue weighted by molar-refractivity contribution is 7.89. The van der Waals surface area contributed by atoms with Crippen LogP contribution in [0.5, 0.6) is 0 Å². The zero-order chi connectivity index (χ0) is 10.6.